The predicted octanol–water partition coefficient (Wildman–Crippen LogP) is 3.17. The van der Waals surface area contributed by atoms with E-state index in [1.807, 2.05) is 0 Å². The smallest absolute Gasteiger partial charge is 0.141 e. The third-order valence-corrected chi connectivity index (χ3v) is 2.69. The molecule has 0 atom stereocenters. The molecular weight excluding hydrogens is 223 g/mol. The fourth-order valence-electron chi connectivity index (χ4n) is 1.27. The molecule has 12 heavy (non-hydrogen) atoms. The normalized spacial score (nSPS) is 16.5. The average Bonchev–Trinajstić information content (AvgIpc) is 2.79. The average molecular weight is 231 g/mol. The Labute approximate surface area is 78.3 Å². The van der Waals surface area contributed by atoms with Gasteiger partial charge in [-0.1, -0.05) is 0 Å². The molecule has 1 aliphatic carbocycles. The first-order valence-electron chi connectivity index (χ1n) is 3.86. The molecule has 0 amide bonds. The topological polar surface area (TPSA) is 20.2 Å². The lowest BCUT2D eigenvalue weighted by molar-refractivity contribution is 0.461. The molecule has 0 aromatic heterocycles. The van der Waals surface area contributed by atoms with Crippen molar-refractivity contribution in [3.63, 3.8) is 0 Å². The Morgan fingerprint density at radius 2 is 2.08 bits per heavy atom. The molecule has 3 heteroatoms. The van der Waals surface area contributed by atoms with Crippen LogP contribution in [-0.2, 0) is 0 Å². The zero-order chi connectivity index (χ0) is 8.72. The highest BCUT2D eigenvalue weighted by Crippen LogP contribution is 2.45. The van der Waals surface area contributed by atoms with Gasteiger partial charge in [0.2, 0.25) is 0 Å². The van der Waals surface area contributed by atoms with Gasteiger partial charge >= 0.3 is 0 Å². The fourth-order valence-corrected chi connectivity index (χ4v) is 1.63. The predicted molar refractivity (Wildman–Crippen MR) is 47.7 cm³/mol. The first-order valence-corrected chi connectivity index (χ1v) is 4.65. The molecular formula is C9H8BrFO. The van der Waals surface area contributed by atoms with Crippen LogP contribution in [0.25, 0.3) is 0 Å². The number of benzene rings is 1. The highest BCUT2D eigenvalue weighted by Gasteiger charge is 2.27. The third kappa shape index (κ3) is 1.33. The molecule has 64 valence electrons. The van der Waals surface area contributed by atoms with Crippen molar-refractivity contribution < 1.29 is 9.50 Å². The summed E-state index contributed by atoms with van der Waals surface area (Å²) in [4.78, 5) is 0. The molecule has 0 spiro atoms. The molecule has 1 aliphatic rings. The van der Waals surface area contributed by atoms with Gasteiger partial charge in [0.1, 0.15) is 11.6 Å². The van der Waals surface area contributed by atoms with Crippen LogP contribution < -0.4 is 0 Å². The number of aromatic hydroxyl groups is 1. The minimum atomic E-state index is -0.406. The molecule has 1 fully saturated rings. The Bertz CT molecular complexity index is 321. The van der Waals surface area contributed by atoms with E-state index in [2.05, 4.69) is 15.9 Å². The maximum atomic E-state index is 12.8. The summed E-state index contributed by atoms with van der Waals surface area (Å²) < 4.78 is 13.3. The van der Waals surface area contributed by atoms with Gasteiger partial charge in [-0.3, -0.25) is 0 Å². The molecule has 0 bridgehead atoms. The van der Waals surface area contributed by atoms with Crippen molar-refractivity contribution in [2.24, 2.45) is 0 Å². The molecule has 0 aliphatic heterocycles. The van der Waals surface area contributed by atoms with Crippen molar-refractivity contribution in [2.45, 2.75) is 18.8 Å². The lowest BCUT2D eigenvalue weighted by atomic mass is 10.1. The lowest BCUT2D eigenvalue weighted by Crippen LogP contribution is -1.84. The minimum absolute atomic E-state index is 0.0817. The van der Waals surface area contributed by atoms with Crippen LogP contribution in [0.5, 0.6) is 5.75 Å². The molecule has 0 saturated heterocycles. The van der Waals surface area contributed by atoms with Crippen LogP contribution in [0.2, 0.25) is 0 Å². The Morgan fingerprint density at radius 3 is 2.67 bits per heavy atom. The second kappa shape index (κ2) is 2.73. The zero-order valence-corrected chi connectivity index (χ0v) is 7.94. The van der Waals surface area contributed by atoms with Crippen LogP contribution in [0.1, 0.15) is 24.3 Å². The van der Waals surface area contributed by atoms with Crippen LogP contribution in [-0.4, -0.2) is 5.11 Å². The maximum Gasteiger partial charge on any atom is 0.141 e. The van der Waals surface area contributed by atoms with E-state index in [1.54, 1.807) is 6.07 Å². The van der Waals surface area contributed by atoms with Crippen LogP contribution in [0.15, 0.2) is 16.6 Å². The molecule has 2 rings (SSSR count). The number of phenols is 1. The molecule has 0 heterocycles. The fraction of sp³-hybridized carbons (Fsp3) is 0.333. The minimum Gasteiger partial charge on any atom is -0.508 e. The first-order chi connectivity index (χ1) is 5.68. The van der Waals surface area contributed by atoms with Crippen molar-refractivity contribution in [1.82, 2.24) is 0 Å². The van der Waals surface area contributed by atoms with Gasteiger partial charge in [0.05, 0.1) is 4.47 Å². The van der Waals surface area contributed by atoms with Crippen molar-refractivity contribution in [2.75, 3.05) is 0 Å². The van der Waals surface area contributed by atoms with E-state index in [0.29, 0.717) is 10.4 Å². The summed E-state index contributed by atoms with van der Waals surface area (Å²) in [5, 5.41) is 9.37. The summed E-state index contributed by atoms with van der Waals surface area (Å²) in [5.74, 6) is 0.122. The summed E-state index contributed by atoms with van der Waals surface area (Å²) in [6, 6.07) is 2.83. The van der Waals surface area contributed by atoms with E-state index in [1.165, 1.54) is 0 Å². The van der Waals surface area contributed by atoms with Crippen LogP contribution in [0.3, 0.4) is 0 Å². The van der Waals surface area contributed by atoms with Gasteiger partial charge in [-0.25, -0.2) is 4.39 Å². The molecule has 1 aromatic carbocycles. The molecule has 0 radical (unpaired) electrons. The SMILES string of the molecule is Oc1cc(F)c(Br)cc1C1CC1. The Kier molecular flexibility index (Phi) is 1.83. The Morgan fingerprint density at radius 1 is 1.42 bits per heavy atom. The van der Waals surface area contributed by atoms with Crippen molar-refractivity contribution in [1.29, 1.82) is 0 Å². The van der Waals surface area contributed by atoms with E-state index >= 15 is 0 Å². The van der Waals surface area contributed by atoms with Gasteiger partial charge in [0.25, 0.3) is 0 Å². The van der Waals surface area contributed by atoms with E-state index < -0.39 is 5.82 Å². The van der Waals surface area contributed by atoms with Crippen LogP contribution in [0, 0.1) is 5.82 Å². The number of rotatable bonds is 1. The third-order valence-electron chi connectivity index (χ3n) is 2.09. The van der Waals surface area contributed by atoms with Crippen molar-refractivity contribution in [3.05, 3.63) is 28.0 Å². The molecule has 1 saturated carbocycles. The first kappa shape index (κ1) is 8.05. The van der Waals surface area contributed by atoms with E-state index in [4.69, 9.17) is 0 Å². The number of phenolic OH excluding ortho intramolecular Hbond substituents is 1. The molecule has 1 aromatic rings. The largest absolute Gasteiger partial charge is 0.508 e. The second-order valence-electron chi connectivity index (χ2n) is 3.10. The standard InChI is InChI=1S/C9H8BrFO/c10-7-3-6(5-1-2-5)9(12)4-8(7)11/h3-5,12H,1-2H2. The summed E-state index contributed by atoms with van der Waals surface area (Å²) in [6.07, 6.45) is 2.21. The van der Waals surface area contributed by atoms with Crippen LogP contribution >= 0.6 is 15.9 Å². The van der Waals surface area contributed by atoms with Crippen LogP contribution in [0.4, 0.5) is 4.39 Å². The molecule has 1 N–H and O–H groups in total. The van der Waals surface area contributed by atoms with Gasteiger partial charge < -0.3 is 5.11 Å². The number of halogens is 2. The van der Waals surface area contributed by atoms with Gasteiger partial charge in [-0.15, -0.1) is 0 Å². The monoisotopic (exact) mass is 230 g/mol. The highest BCUT2D eigenvalue weighted by molar-refractivity contribution is 9.10. The molecule has 1 nitrogen and oxygen atoms in total. The van der Waals surface area contributed by atoms with Crippen molar-refractivity contribution in [3.8, 4) is 5.75 Å². The van der Waals surface area contributed by atoms with E-state index in [-0.39, 0.29) is 5.75 Å². The van der Waals surface area contributed by atoms with E-state index in [9.17, 15) is 9.50 Å². The van der Waals surface area contributed by atoms with Gasteiger partial charge in [0.15, 0.2) is 0 Å². The van der Waals surface area contributed by atoms with Crippen molar-refractivity contribution >= 4 is 15.9 Å². The Balaban J connectivity index is 2.47. The Hall–Kier alpha value is -0.570. The van der Waals surface area contributed by atoms with Gasteiger partial charge in [-0.2, -0.15) is 0 Å². The highest BCUT2D eigenvalue weighted by atomic mass is 79.9. The summed E-state index contributed by atoms with van der Waals surface area (Å²) in [7, 11) is 0. The number of hydrogen-bond donors (Lipinski definition) is 1. The summed E-state index contributed by atoms with van der Waals surface area (Å²) in [6.45, 7) is 0. The quantitative estimate of drug-likeness (QED) is 0.786. The zero-order valence-electron chi connectivity index (χ0n) is 6.35. The summed E-state index contributed by atoms with van der Waals surface area (Å²) >= 11 is 3.09. The van der Waals surface area contributed by atoms with Gasteiger partial charge in [0, 0.05) is 6.07 Å². The summed E-state index contributed by atoms with van der Waals surface area (Å²) in [5.41, 5.74) is 0.864. The van der Waals surface area contributed by atoms with Gasteiger partial charge in [-0.05, 0) is 46.3 Å². The lowest BCUT2D eigenvalue weighted by Gasteiger charge is -2.03. The number of hydrogen-bond acceptors (Lipinski definition) is 1. The van der Waals surface area contributed by atoms with E-state index in [0.717, 1.165) is 24.5 Å². The second-order valence-corrected chi connectivity index (χ2v) is 3.95. The molecule has 0 unspecified atom stereocenters. The maximum absolute atomic E-state index is 12.8.